The summed E-state index contributed by atoms with van der Waals surface area (Å²) in [6.07, 6.45) is 1.25. The number of nitrogens with zero attached hydrogens (tertiary/aromatic N) is 2. The molecule has 35 heavy (non-hydrogen) atoms. The van der Waals surface area contributed by atoms with Gasteiger partial charge in [-0.3, -0.25) is 0 Å². The molecular formula is C33H28N2. The van der Waals surface area contributed by atoms with Gasteiger partial charge in [-0.1, -0.05) is 99.1 Å². The van der Waals surface area contributed by atoms with Crippen LogP contribution in [-0.2, 0) is 0 Å². The van der Waals surface area contributed by atoms with Gasteiger partial charge >= 0.3 is 0 Å². The van der Waals surface area contributed by atoms with Crippen LogP contribution in [0, 0.1) is 0 Å². The maximum atomic E-state index is 2.38. The van der Waals surface area contributed by atoms with Crippen LogP contribution in [-0.4, -0.2) is 9.13 Å². The molecule has 0 saturated carbocycles. The minimum atomic E-state index is 1.17. The Hall–Kier alpha value is -4.30. The van der Waals surface area contributed by atoms with Crippen LogP contribution in [0.3, 0.4) is 0 Å². The van der Waals surface area contributed by atoms with E-state index in [-0.39, 0.29) is 0 Å². The van der Waals surface area contributed by atoms with E-state index in [2.05, 4.69) is 144 Å². The van der Waals surface area contributed by atoms with Crippen molar-refractivity contribution in [2.45, 2.75) is 20.3 Å². The summed E-state index contributed by atoms with van der Waals surface area (Å²) in [7, 11) is 0. The highest BCUT2D eigenvalue weighted by molar-refractivity contribution is 6.10. The van der Waals surface area contributed by atoms with Gasteiger partial charge in [0.25, 0.3) is 0 Å². The van der Waals surface area contributed by atoms with Crippen molar-refractivity contribution in [3.05, 3.63) is 121 Å². The zero-order valence-electron chi connectivity index (χ0n) is 20.1. The van der Waals surface area contributed by atoms with E-state index in [9.17, 15) is 0 Å². The molecule has 0 aliphatic carbocycles. The Kier molecular flexibility index (Phi) is 5.35. The number of hydrogen-bond donors (Lipinski definition) is 0. The predicted octanol–water partition coefficient (Wildman–Crippen LogP) is 9.30. The Morgan fingerprint density at radius 3 is 1.00 bits per heavy atom. The summed E-state index contributed by atoms with van der Waals surface area (Å²) in [4.78, 5) is 0. The number of benzene rings is 5. The molecule has 2 aromatic heterocycles. The summed E-state index contributed by atoms with van der Waals surface area (Å²) < 4.78 is 4.75. The van der Waals surface area contributed by atoms with Gasteiger partial charge in [-0.2, -0.15) is 0 Å². The molecule has 0 N–H and O–H groups in total. The minimum Gasteiger partial charge on any atom is -0.309 e. The third-order valence-electron chi connectivity index (χ3n) is 6.51. The molecule has 2 heteroatoms. The van der Waals surface area contributed by atoms with E-state index in [4.69, 9.17) is 0 Å². The third kappa shape index (κ3) is 3.41. The molecule has 0 radical (unpaired) electrons. The van der Waals surface area contributed by atoms with Gasteiger partial charge in [0.05, 0.1) is 22.1 Å². The van der Waals surface area contributed by atoms with Crippen LogP contribution in [0.2, 0.25) is 0 Å². The average Bonchev–Trinajstić information content (AvgIpc) is 3.43. The van der Waals surface area contributed by atoms with Crippen molar-refractivity contribution in [1.82, 2.24) is 9.13 Å². The SMILES string of the molecule is CCC.c1cc(-n2c3ccccc3c3ccccc32)cc(-n2c3ccccc3c3ccccc32)c1. The zero-order chi connectivity index (χ0) is 23.8. The van der Waals surface area contributed by atoms with Gasteiger partial charge in [-0.25, -0.2) is 0 Å². The smallest absolute Gasteiger partial charge is 0.0541 e. The monoisotopic (exact) mass is 452 g/mol. The van der Waals surface area contributed by atoms with E-state index in [1.165, 1.54) is 61.4 Å². The highest BCUT2D eigenvalue weighted by Gasteiger charge is 2.14. The molecule has 0 spiro atoms. The van der Waals surface area contributed by atoms with E-state index in [0.717, 1.165) is 0 Å². The molecule has 0 saturated heterocycles. The van der Waals surface area contributed by atoms with E-state index in [1.54, 1.807) is 0 Å². The van der Waals surface area contributed by atoms with Crippen LogP contribution in [0.15, 0.2) is 121 Å². The standard InChI is InChI=1S/C30H20N2.C3H8/c1-5-16-27-23(12-1)24-13-2-6-17-28(24)31(27)21-10-9-11-22(20-21)32-29-18-7-3-14-25(29)26-15-4-8-19-30(26)32;1-3-2/h1-20H;3H2,1-2H3. The number of rotatable bonds is 2. The second-order valence-electron chi connectivity index (χ2n) is 8.97. The topological polar surface area (TPSA) is 9.86 Å². The molecule has 0 aliphatic heterocycles. The first-order valence-corrected chi connectivity index (χ1v) is 12.4. The van der Waals surface area contributed by atoms with Gasteiger partial charge in [0.2, 0.25) is 0 Å². The first-order chi connectivity index (χ1) is 17.3. The lowest BCUT2D eigenvalue weighted by molar-refractivity contribution is 1.09. The largest absolute Gasteiger partial charge is 0.309 e. The van der Waals surface area contributed by atoms with Crippen LogP contribution in [0.1, 0.15) is 20.3 Å². The van der Waals surface area contributed by atoms with Crippen molar-refractivity contribution < 1.29 is 0 Å². The number of fused-ring (bicyclic) bond motifs is 6. The van der Waals surface area contributed by atoms with Crippen LogP contribution in [0.25, 0.3) is 55.0 Å². The van der Waals surface area contributed by atoms with Gasteiger partial charge < -0.3 is 9.13 Å². The molecule has 0 aliphatic rings. The van der Waals surface area contributed by atoms with E-state index >= 15 is 0 Å². The van der Waals surface area contributed by atoms with Gasteiger partial charge in [-0.05, 0) is 42.5 Å². The number of aromatic nitrogens is 2. The van der Waals surface area contributed by atoms with Gasteiger partial charge in [0, 0.05) is 32.9 Å². The predicted molar refractivity (Wildman–Crippen MR) is 151 cm³/mol. The summed E-state index contributed by atoms with van der Waals surface area (Å²) in [5, 5.41) is 5.13. The van der Waals surface area contributed by atoms with E-state index in [1.807, 2.05) is 0 Å². The second-order valence-corrected chi connectivity index (χ2v) is 8.97. The Morgan fingerprint density at radius 1 is 0.400 bits per heavy atom. The van der Waals surface area contributed by atoms with Crippen molar-refractivity contribution >= 4 is 43.6 Å². The van der Waals surface area contributed by atoms with Crippen molar-refractivity contribution in [1.29, 1.82) is 0 Å². The average molecular weight is 453 g/mol. The van der Waals surface area contributed by atoms with E-state index < -0.39 is 0 Å². The molecule has 0 bridgehead atoms. The Balaban J connectivity index is 0.000000727. The van der Waals surface area contributed by atoms with Gasteiger partial charge in [0.1, 0.15) is 0 Å². The van der Waals surface area contributed by atoms with Crippen LogP contribution < -0.4 is 0 Å². The fourth-order valence-electron chi connectivity index (χ4n) is 5.17. The molecule has 0 fully saturated rings. The lowest BCUT2D eigenvalue weighted by Gasteiger charge is -2.12. The van der Waals surface area contributed by atoms with Crippen molar-refractivity contribution in [2.24, 2.45) is 0 Å². The highest BCUT2D eigenvalue weighted by Crippen LogP contribution is 2.35. The molecule has 0 unspecified atom stereocenters. The maximum Gasteiger partial charge on any atom is 0.0541 e. The summed E-state index contributed by atoms with van der Waals surface area (Å²) in [5.41, 5.74) is 7.26. The molecule has 170 valence electrons. The van der Waals surface area contributed by atoms with Crippen LogP contribution >= 0.6 is 0 Å². The Labute approximate surface area is 205 Å². The first kappa shape index (κ1) is 21.2. The molecule has 5 aromatic carbocycles. The van der Waals surface area contributed by atoms with Crippen molar-refractivity contribution in [3.8, 4) is 11.4 Å². The fourth-order valence-corrected chi connectivity index (χ4v) is 5.17. The lowest BCUT2D eigenvalue weighted by Crippen LogP contribution is -1.98. The molecule has 2 nitrogen and oxygen atoms in total. The quantitative estimate of drug-likeness (QED) is 0.247. The summed E-state index contributed by atoms with van der Waals surface area (Å²) in [5.74, 6) is 0. The lowest BCUT2D eigenvalue weighted by atomic mass is 10.2. The third-order valence-corrected chi connectivity index (χ3v) is 6.51. The molecule has 0 amide bonds. The molecule has 7 rings (SSSR count). The zero-order valence-corrected chi connectivity index (χ0v) is 20.1. The fraction of sp³-hybridized carbons (Fsp3) is 0.0909. The van der Waals surface area contributed by atoms with Crippen molar-refractivity contribution in [2.75, 3.05) is 0 Å². The number of hydrogen-bond acceptors (Lipinski definition) is 0. The van der Waals surface area contributed by atoms with Gasteiger partial charge in [0.15, 0.2) is 0 Å². The molecule has 7 aromatic rings. The van der Waals surface area contributed by atoms with Crippen LogP contribution in [0.5, 0.6) is 0 Å². The first-order valence-electron chi connectivity index (χ1n) is 12.4. The Morgan fingerprint density at radius 2 is 0.686 bits per heavy atom. The minimum absolute atomic E-state index is 1.17. The number of para-hydroxylation sites is 4. The molecule has 0 atom stereocenters. The van der Waals surface area contributed by atoms with Crippen molar-refractivity contribution in [3.63, 3.8) is 0 Å². The maximum absolute atomic E-state index is 2.38. The summed E-state index contributed by atoms with van der Waals surface area (Å²) in [6, 6.07) is 43.5. The van der Waals surface area contributed by atoms with Crippen LogP contribution in [0.4, 0.5) is 0 Å². The highest BCUT2D eigenvalue weighted by atomic mass is 15.0. The van der Waals surface area contributed by atoms with Gasteiger partial charge in [-0.15, -0.1) is 0 Å². The Bertz CT molecular complexity index is 1560. The summed E-state index contributed by atoms with van der Waals surface area (Å²) in [6.45, 7) is 4.25. The second kappa shape index (κ2) is 8.81. The molecular weight excluding hydrogens is 424 g/mol. The molecule has 2 heterocycles. The van der Waals surface area contributed by atoms with E-state index in [0.29, 0.717) is 0 Å². The normalized spacial score (nSPS) is 11.3. The summed E-state index contributed by atoms with van der Waals surface area (Å²) >= 11 is 0.